The third kappa shape index (κ3) is 3.13. The van der Waals surface area contributed by atoms with E-state index >= 15 is 0 Å². The highest BCUT2D eigenvalue weighted by Gasteiger charge is 2.56. The Labute approximate surface area is 144 Å². The standard InChI is InChI=1S/C20H28N4/c1-2-23-13-12-22-19(23)16-24(15-17-6-4-3-5-7-17)18-14-20(18)8-10-21-11-9-20/h3-7,12-13,18,21H,2,8-11,14-16H2,1H3/t18-/m1/s1. The van der Waals surface area contributed by atoms with E-state index in [1.807, 2.05) is 6.20 Å². The zero-order valence-electron chi connectivity index (χ0n) is 14.6. The molecule has 128 valence electrons. The van der Waals surface area contributed by atoms with Crippen molar-refractivity contribution >= 4 is 0 Å². The van der Waals surface area contributed by atoms with Gasteiger partial charge in [-0.25, -0.2) is 4.98 Å². The predicted molar refractivity (Wildman–Crippen MR) is 96.5 cm³/mol. The lowest BCUT2D eigenvalue weighted by molar-refractivity contribution is 0.182. The number of imidazole rings is 1. The van der Waals surface area contributed by atoms with Gasteiger partial charge in [0.15, 0.2) is 0 Å². The van der Waals surface area contributed by atoms with E-state index in [-0.39, 0.29) is 0 Å². The molecule has 0 unspecified atom stereocenters. The quantitative estimate of drug-likeness (QED) is 0.886. The van der Waals surface area contributed by atoms with Gasteiger partial charge in [0, 0.05) is 31.5 Å². The summed E-state index contributed by atoms with van der Waals surface area (Å²) in [5, 5.41) is 3.52. The number of rotatable bonds is 6. The van der Waals surface area contributed by atoms with Crippen molar-refractivity contribution in [2.45, 2.75) is 51.9 Å². The molecule has 1 aliphatic carbocycles. The predicted octanol–water partition coefficient (Wildman–Crippen LogP) is 3.05. The zero-order valence-corrected chi connectivity index (χ0v) is 14.6. The molecule has 1 saturated heterocycles. The van der Waals surface area contributed by atoms with E-state index in [9.17, 15) is 0 Å². The van der Waals surface area contributed by atoms with Gasteiger partial charge in [0.2, 0.25) is 0 Å². The van der Waals surface area contributed by atoms with Crippen LogP contribution in [0, 0.1) is 5.41 Å². The number of aryl methyl sites for hydroxylation is 1. The Morgan fingerprint density at radius 3 is 2.75 bits per heavy atom. The van der Waals surface area contributed by atoms with Gasteiger partial charge in [-0.3, -0.25) is 4.90 Å². The highest BCUT2D eigenvalue weighted by atomic mass is 15.2. The summed E-state index contributed by atoms with van der Waals surface area (Å²) in [5.74, 6) is 1.20. The number of benzene rings is 1. The fourth-order valence-electron chi connectivity index (χ4n) is 4.36. The van der Waals surface area contributed by atoms with E-state index in [1.165, 1.54) is 43.7 Å². The van der Waals surface area contributed by atoms with Gasteiger partial charge in [-0.15, -0.1) is 0 Å². The molecule has 1 saturated carbocycles. The highest BCUT2D eigenvalue weighted by molar-refractivity contribution is 5.17. The minimum atomic E-state index is 0.559. The van der Waals surface area contributed by atoms with Crippen LogP contribution in [0.3, 0.4) is 0 Å². The van der Waals surface area contributed by atoms with Crippen molar-refractivity contribution in [3.63, 3.8) is 0 Å². The van der Waals surface area contributed by atoms with Crippen molar-refractivity contribution in [3.05, 3.63) is 54.1 Å². The lowest BCUT2D eigenvalue weighted by Gasteiger charge is -2.29. The first-order valence-corrected chi connectivity index (χ1v) is 9.29. The second-order valence-corrected chi connectivity index (χ2v) is 7.35. The van der Waals surface area contributed by atoms with Crippen LogP contribution < -0.4 is 5.32 Å². The molecule has 0 amide bonds. The van der Waals surface area contributed by atoms with Gasteiger partial charge in [0.1, 0.15) is 5.82 Å². The van der Waals surface area contributed by atoms with E-state index in [1.54, 1.807) is 0 Å². The van der Waals surface area contributed by atoms with E-state index in [2.05, 4.69) is 63.2 Å². The molecule has 0 bridgehead atoms. The number of hydrogen-bond donors (Lipinski definition) is 1. The molecular formula is C20H28N4. The Morgan fingerprint density at radius 1 is 1.21 bits per heavy atom. The molecule has 2 heterocycles. The normalized spacial score (nSPS) is 22.2. The summed E-state index contributed by atoms with van der Waals surface area (Å²) in [7, 11) is 0. The summed E-state index contributed by atoms with van der Waals surface area (Å²) in [5.41, 5.74) is 1.96. The van der Waals surface area contributed by atoms with Crippen LogP contribution in [0.5, 0.6) is 0 Å². The van der Waals surface area contributed by atoms with Gasteiger partial charge in [-0.05, 0) is 50.3 Å². The van der Waals surface area contributed by atoms with Gasteiger partial charge in [-0.2, -0.15) is 0 Å². The second kappa shape index (κ2) is 6.69. The number of hydrogen-bond acceptors (Lipinski definition) is 3. The minimum Gasteiger partial charge on any atom is -0.334 e. The molecule has 1 aromatic heterocycles. The Balaban J connectivity index is 1.53. The van der Waals surface area contributed by atoms with E-state index < -0.39 is 0 Å². The molecule has 1 N–H and O–H groups in total. The van der Waals surface area contributed by atoms with Crippen LogP contribution in [0.25, 0.3) is 0 Å². The monoisotopic (exact) mass is 324 g/mol. The smallest absolute Gasteiger partial charge is 0.122 e. The summed E-state index contributed by atoms with van der Waals surface area (Å²) in [6.45, 7) is 7.53. The number of nitrogens with zero attached hydrogens (tertiary/aromatic N) is 3. The topological polar surface area (TPSA) is 33.1 Å². The molecule has 2 fully saturated rings. The molecule has 1 atom stereocenters. The van der Waals surface area contributed by atoms with Crippen LogP contribution in [0.2, 0.25) is 0 Å². The first kappa shape index (κ1) is 15.9. The lowest BCUT2D eigenvalue weighted by Crippen LogP contribution is -2.36. The number of piperidine rings is 1. The molecule has 0 radical (unpaired) electrons. The maximum atomic E-state index is 4.62. The molecule has 1 aromatic carbocycles. The van der Waals surface area contributed by atoms with Crippen molar-refractivity contribution in [2.75, 3.05) is 13.1 Å². The second-order valence-electron chi connectivity index (χ2n) is 7.35. The van der Waals surface area contributed by atoms with Crippen LogP contribution in [0.15, 0.2) is 42.7 Å². The van der Waals surface area contributed by atoms with Gasteiger partial charge >= 0.3 is 0 Å². The van der Waals surface area contributed by atoms with Gasteiger partial charge < -0.3 is 9.88 Å². The third-order valence-electron chi connectivity index (χ3n) is 5.90. The van der Waals surface area contributed by atoms with Gasteiger partial charge in [0.05, 0.1) is 6.54 Å². The minimum absolute atomic E-state index is 0.559. The van der Waals surface area contributed by atoms with Crippen molar-refractivity contribution in [3.8, 4) is 0 Å². The molecule has 24 heavy (non-hydrogen) atoms. The Bertz CT molecular complexity index is 657. The molecule has 2 aromatic rings. The molecule has 2 aliphatic rings. The summed E-state index contributed by atoms with van der Waals surface area (Å²) < 4.78 is 2.27. The van der Waals surface area contributed by atoms with Crippen molar-refractivity contribution in [1.29, 1.82) is 0 Å². The molecular weight excluding hydrogens is 296 g/mol. The van der Waals surface area contributed by atoms with Crippen molar-refractivity contribution in [1.82, 2.24) is 19.8 Å². The molecule has 4 rings (SSSR count). The average molecular weight is 324 g/mol. The largest absolute Gasteiger partial charge is 0.334 e. The SMILES string of the molecule is CCn1ccnc1CN(Cc1ccccc1)[C@@H]1CC12CCNCC2. The molecule has 4 heteroatoms. The van der Waals surface area contributed by atoms with E-state index in [0.717, 1.165) is 19.6 Å². The summed E-state index contributed by atoms with van der Waals surface area (Å²) in [4.78, 5) is 7.30. The first-order chi connectivity index (χ1) is 11.8. The number of aromatic nitrogens is 2. The third-order valence-corrected chi connectivity index (χ3v) is 5.90. The summed E-state index contributed by atoms with van der Waals surface area (Å²) in [6.07, 6.45) is 8.04. The number of nitrogens with one attached hydrogen (secondary N) is 1. The van der Waals surface area contributed by atoms with Crippen LogP contribution in [-0.4, -0.2) is 33.6 Å². The van der Waals surface area contributed by atoms with Crippen LogP contribution in [-0.2, 0) is 19.6 Å². The molecule has 1 spiro atoms. The maximum absolute atomic E-state index is 4.62. The Hall–Kier alpha value is -1.65. The van der Waals surface area contributed by atoms with Crippen LogP contribution >= 0.6 is 0 Å². The lowest BCUT2D eigenvalue weighted by atomic mass is 9.93. The fraction of sp³-hybridized carbons (Fsp3) is 0.550. The zero-order chi connectivity index (χ0) is 16.4. The van der Waals surface area contributed by atoms with Crippen molar-refractivity contribution < 1.29 is 0 Å². The van der Waals surface area contributed by atoms with Gasteiger partial charge in [0.25, 0.3) is 0 Å². The fourth-order valence-corrected chi connectivity index (χ4v) is 4.36. The Kier molecular flexibility index (Phi) is 4.42. The van der Waals surface area contributed by atoms with E-state index in [0.29, 0.717) is 11.5 Å². The molecule has 4 nitrogen and oxygen atoms in total. The van der Waals surface area contributed by atoms with Crippen molar-refractivity contribution in [2.24, 2.45) is 5.41 Å². The summed E-state index contributed by atoms with van der Waals surface area (Å²) >= 11 is 0. The van der Waals surface area contributed by atoms with Gasteiger partial charge in [-0.1, -0.05) is 30.3 Å². The highest BCUT2D eigenvalue weighted by Crippen LogP contribution is 2.56. The average Bonchev–Trinajstić information content (AvgIpc) is 3.11. The van der Waals surface area contributed by atoms with Crippen LogP contribution in [0.1, 0.15) is 37.6 Å². The summed E-state index contributed by atoms with van der Waals surface area (Å²) in [6, 6.07) is 11.6. The Morgan fingerprint density at radius 2 is 2.00 bits per heavy atom. The van der Waals surface area contributed by atoms with E-state index in [4.69, 9.17) is 0 Å². The molecule has 1 aliphatic heterocycles. The maximum Gasteiger partial charge on any atom is 0.122 e. The first-order valence-electron chi connectivity index (χ1n) is 9.29. The van der Waals surface area contributed by atoms with Crippen LogP contribution in [0.4, 0.5) is 0 Å².